The van der Waals surface area contributed by atoms with E-state index in [1.165, 1.54) is 0 Å². The molecule has 0 aliphatic heterocycles. The van der Waals surface area contributed by atoms with E-state index in [1.54, 1.807) is 62.4 Å². The first kappa shape index (κ1) is 27.1. The topological polar surface area (TPSA) is 108 Å². The zero-order valence-corrected chi connectivity index (χ0v) is 20.3. The molecule has 0 aliphatic rings. The van der Waals surface area contributed by atoms with Gasteiger partial charge < -0.3 is 14.9 Å². The zero-order valence-electron chi connectivity index (χ0n) is 19.6. The highest BCUT2D eigenvalue weighted by molar-refractivity contribution is 6.30. The Morgan fingerprint density at radius 2 is 1.44 bits per heavy atom. The van der Waals surface area contributed by atoms with Crippen molar-refractivity contribution in [2.45, 2.75) is 58.0 Å². The van der Waals surface area contributed by atoms with Crippen LogP contribution >= 0.6 is 11.6 Å². The summed E-state index contributed by atoms with van der Waals surface area (Å²) in [4.78, 5) is 39.4. The summed E-state index contributed by atoms with van der Waals surface area (Å²) in [5.41, 5.74) is -0.0116. The summed E-state index contributed by atoms with van der Waals surface area (Å²) in [6.07, 6.45) is 5.32. The van der Waals surface area contributed by atoms with Gasteiger partial charge in [-0.2, -0.15) is 0 Å². The molecular formula is C25H31ClN2O6. The molecule has 2 rings (SSSR count). The van der Waals surface area contributed by atoms with Gasteiger partial charge in [0.05, 0.1) is 6.61 Å². The number of benzene rings is 2. The zero-order chi connectivity index (χ0) is 25.0. The fourth-order valence-electron chi connectivity index (χ4n) is 3.27. The van der Waals surface area contributed by atoms with E-state index in [1.807, 2.05) is 0 Å². The van der Waals surface area contributed by atoms with Gasteiger partial charge in [0.1, 0.15) is 5.75 Å². The van der Waals surface area contributed by atoms with Gasteiger partial charge >= 0.3 is 0 Å². The Bertz CT molecular complexity index is 945. The van der Waals surface area contributed by atoms with Crippen molar-refractivity contribution in [2.75, 3.05) is 13.2 Å². The molecule has 0 atom stereocenters. The number of halogens is 1. The molecule has 1 amide bonds. The Morgan fingerprint density at radius 1 is 0.912 bits per heavy atom. The van der Waals surface area contributed by atoms with Crippen LogP contribution in [-0.2, 0) is 9.63 Å². The van der Waals surface area contributed by atoms with Crippen molar-refractivity contribution in [3.8, 4) is 5.75 Å². The third-order valence-corrected chi connectivity index (χ3v) is 5.45. The van der Waals surface area contributed by atoms with Gasteiger partial charge in [0.2, 0.25) is 0 Å². The second-order valence-corrected chi connectivity index (χ2v) is 8.84. The van der Waals surface area contributed by atoms with Crippen LogP contribution in [0.2, 0.25) is 5.02 Å². The third-order valence-electron chi connectivity index (χ3n) is 5.20. The van der Waals surface area contributed by atoms with E-state index < -0.39 is 10.7 Å². The molecule has 0 fully saturated rings. The molecule has 34 heavy (non-hydrogen) atoms. The molecule has 0 aliphatic carbocycles. The number of amides is 1. The van der Waals surface area contributed by atoms with E-state index in [0.29, 0.717) is 34.9 Å². The second-order valence-electron chi connectivity index (χ2n) is 8.41. The molecule has 0 heterocycles. The highest BCUT2D eigenvalue weighted by Crippen LogP contribution is 2.21. The summed E-state index contributed by atoms with van der Waals surface area (Å²) in [5.74, 6) is 0.157. The highest BCUT2D eigenvalue weighted by Gasteiger charge is 2.29. The maximum absolute atomic E-state index is 12.6. The Balaban J connectivity index is 1.70. The van der Waals surface area contributed by atoms with E-state index in [4.69, 9.17) is 16.3 Å². The number of hydrogen-bond donors (Lipinski definition) is 1. The second kappa shape index (κ2) is 13.5. The lowest BCUT2D eigenvalue weighted by atomic mass is 10.0. The minimum absolute atomic E-state index is 0.120. The number of carbonyl (C=O) groups excluding carboxylic acids is 2. The van der Waals surface area contributed by atoms with Gasteiger partial charge in [-0.25, -0.2) is 0 Å². The smallest absolute Gasteiger partial charge is 0.294 e. The number of rotatable bonds is 15. The summed E-state index contributed by atoms with van der Waals surface area (Å²) in [5, 5.41) is 12.8. The van der Waals surface area contributed by atoms with Crippen LogP contribution in [0.1, 0.15) is 68.3 Å². The lowest BCUT2D eigenvalue weighted by molar-refractivity contribution is -0.757. The molecule has 184 valence electrons. The van der Waals surface area contributed by atoms with Crippen LogP contribution in [0.4, 0.5) is 0 Å². The fraction of sp³-hybridized carbons (Fsp3) is 0.440. The van der Waals surface area contributed by atoms with Crippen LogP contribution in [0.15, 0.2) is 48.5 Å². The number of ketones is 1. The first-order chi connectivity index (χ1) is 16.2. The lowest BCUT2D eigenvalue weighted by Gasteiger charge is -2.25. The van der Waals surface area contributed by atoms with Gasteiger partial charge in [-0.15, -0.1) is 10.1 Å². The maximum atomic E-state index is 12.6. The fourth-order valence-corrected chi connectivity index (χ4v) is 3.40. The highest BCUT2D eigenvalue weighted by atomic mass is 35.5. The van der Waals surface area contributed by atoms with E-state index in [9.17, 15) is 19.7 Å². The number of unbranched alkanes of at least 4 members (excludes halogenated alkanes) is 5. The molecule has 0 saturated carbocycles. The molecule has 0 aromatic heterocycles. The Labute approximate surface area is 204 Å². The van der Waals surface area contributed by atoms with Crippen molar-refractivity contribution in [3.63, 3.8) is 0 Å². The van der Waals surface area contributed by atoms with E-state index in [0.717, 1.165) is 32.1 Å². The standard InChI is InChI=1S/C25H31ClN2O6/c1-25(2,24(30)27-17-7-5-3-4-6-8-18-33-28(31)32)34-22-15-11-20(12-16-22)23(29)19-9-13-21(26)14-10-19/h9-16H,3-8,17-18H2,1-2H3,(H,27,30). The normalized spacial score (nSPS) is 11.0. The number of nitrogens with zero attached hydrogens (tertiary/aromatic N) is 1. The molecule has 0 saturated heterocycles. The van der Waals surface area contributed by atoms with Gasteiger partial charge in [0, 0.05) is 22.7 Å². The van der Waals surface area contributed by atoms with Crippen LogP contribution in [-0.4, -0.2) is 35.5 Å². The van der Waals surface area contributed by atoms with Crippen molar-refractivity contribution in [1.29, 1.82) is 0 Å². The van der Waals surface area contributed by atoms with E-state index in [-0.39, 0.29) is 18.3 Å². The van der Waals surface area contributed by atoms with Crippen molar-refractivity contribution >= 4 is 23.3 Å². The van der Waals surface area contributed by atoms with Crippen LogP contribution in [0.3, 0.4) is 0 Å². The van der Waals surface area contributed by atoms with Gasteiger partial charge in [-0.1, -0.05) is 37.3 Å². The molecule has 8 nitrogen and oxygen atoms in total. The molecule has 0 bridgehead atoms. The summed E-state index contributed by atoms with van der Waals surface area (Å²) in [6, 6.07) is 13.4. The predicted molar refractivity (Wildman–Crippen MR) is 130 cm³/mol. The lowest BCUT2D eigenvalue weighted by Crippen LogP contribution is -2.46. The molecule has 9 heteroatoms. The van der Waals surface area contributed by atoms with Crippen LogP contribution < -0.4 is 10.1 Å². The average molecular weight is 491 g/mol. The van der Waals surface area contributed by atoms with E-state index >= 15 is 0 Å². The summed E-state index contributed by atoms with van der Waals surface area (Å²) >= 11 is 5.87. The SMILES string of the molecule is CC(C)(Oc1ccc(C(=O)c2ccc(Cl)cc2)cc1)C(=O)NCCCCCCCCO[N+](=O)[O-]. The molecule has 2 aromatic carbocycles. The molecule has 2 aromatic rings. The van der Waals surface area contributed by atoms with E-state index in [2.05, 4.69) is 10.2 Å². The number of ether oxygens (including phenoxy) is 1. The number of nitrogens with one attached hydrogen (secondary N) is 1. The summed E-state index contributed by atoms with van der Waals surface area (Å²) in [7, 11) is 0. The van der Waals surface area contributed by atoms with Crippen LogP contribution in [0.25, 0.3) is 0 Å². The Kier molecular flexibility index (Phi) is 10.8. The molecule has 0 spiro atoms. The van der Waals surface area contributed by atoms with Crippen LogP contribution in [0, 0.1) is 10.1 Å². The van der Waals surface area contributed by atoms with Crippen molar-refractivity contribution in [3.05, 3.63) is 74.8 Å². The quantitative estimate of drug-likeness (QED) is 0.155. The minimum atomic E-state index is -1.07. The monoisotopic (exact) mass is 490 g/mol. The maximum Gasteiger partial charge on any atom is 0.294 e. The van der Waals surface area contributed by atoms with Crippen molar-refractivity contribution in [1.82, 2.24) is 5.32 Å². The molecule has 1 N–H and O–H groups in total. The van der Waals surface area contributed by atoms with Gasteiger partial charge in [0.15, 0.2) is 11.4 Å². The molecule has 0 radical (unpaired) electrons. The van der Waals surface area contributed by atoms with Gasteiger partial charge in [-0.05, 0) is 75.2 Å². The average Bonchev–Trinajstić information content (AvgIpc) is 2.80. The van der Waals surface area contributed by atoms with Gasteiger partial charge in [-0.3, -0.25) is 9.59 Å². The predicted octanol–water partition coefficient (Wildman–Crippen LogP) is 5.39. The van der Waals surface area contributed by atoms with Crippen LogP contribution in [0.5, 0.6) is 5.75 Å². The van der Waals surface area contributed by atoms with Gasteiger partial charge in [0.25, 0.3) is 11.0 Å². The summed E-state index contributed by atoms with van der Waals surface area (Å²) < 4.78 is 5.87. The third kappa shape index (κ3) is 9.39. The largest absolute Gasteiger partial charge is 0.478 e. The molecular weight excluding hydrogens is 460 g/mol. The van der Waals surface area contributed by atoms with Crippen molar-refractivity contribution in [2.24, 2.45) is 0 Å². The van der Waals surface area contributed by atoms with Crippen molar-refractivity contribution < 1.29 is 24.3 Å². The number of hydrogen-bond acceptors (Lipinski definition) is 6. The first-order valence-corrected chi connectivity index (χ1v) is 11.7. The number of carbonyl (C=O) groups is 2. The molecule has 0 unspecified atom stereocenters. The first-order valence-electron chi connectivity index (χ1n) is 11.3. The minimum Gasteiger partial charge on any atom is -0.478 e. The Morgan fingerprint density at radius 3 is 2.03 bits per heavy atom. The Hall–Kier alpha value is -3.13. The summed E-state index contributed by atoms with van der Waals surface area (Å²) in [6.45, 7) is 4.08.